The maximum Gasteiger partial charge on any atom is 0.403 e. The number of anilines is 1. The number of nitrogens with zero attached hydrogens (tertiary/aromatic N) is 4. The van der Waals surface area contributed by atoms with Crippen LogP contribution in [-0.2, 0) is 23.4 Å². The molecule has 5 atom stereocenters. The zero-order valence-corrected chi connectivity index (χ0v) is 22.9. The van der Waals surface area contributed by atoms with Crippen molar-refractivity contribution in [3.8, 4) is 5.88 Å². The molecule has 0 aromatic carbocycles. The third-order valence-electron chi connectivity index (χ3n) is 5.30. The normalized spacial score (nSPS) is 25.0. The predicted molar refractivity (Wildman–Crippen MR) is 132 cm³/mol. The lowest BCUT2D eigenvalue weighted by Crippen LogP contribution is -2.33. The Morgan fingerprint density at radius 2 is 2.17 bits per heavy atom. The van der Waals surface area contributed by atoms with Crippen LogP contribution < -0.4 is 15.6 Å². The van der Waals surface area contributed by atoms with Gasteiger partial charge in [0.15, 0.2) is 17.4 Å². The Morgan fingerprint density at radius 3 is 2.81 bits per heavy atom. The Balaban J connectivity index is 1.63. The van der Waals surface area contributed by atoms with Gasteiger partial charge in [-0.25, -0.2) is 14.6 Å². The summed E-state index contributed by atoms with van der Waals surface area (Å²) in [5, 5.41) is 2.46. The molecule has 2 aromatic heterocycles. The number of rotatable bonds is 10. The first-order chi connectivity index (χ1) is 16.6. The lowest BCUT2D eigenvalue weighted by atomic mass is 9.97. The second-order valence-corrected chi connectivity index (χ2v) is 12.4. The summed E-state index contributed by atoms with van der Waals surface area (Å²) in [7, 11) is -4.22. The van der Waals surface area contributed by atoms with Crippen LogP contribution in [0.1, 0.15) is 54.2 Å². The molecule has 1 aliphatic rings. The van der Waals surface area contributed by atoms with Gasteiger partial charge in [0, 0.05) is 6.04 Å². The number of esters is 1. The van der Waals surface area contributed by atoms with E-state index >= 15 is 0 Å². The zero-order chi connectivity index (χ0) is 26.9. The van der Waals surface area contributed by atoms with Crippen LogP contribution in [0.4, 0.5) is 5.95 Å². The second-order valence-electron chi connectivity index (χ2n) is 9.93. The summed E-state index contributed by atoms with van der Waals surface area (Å²) < 4.78 is 36.2. The highest BCUT2D eigenvalue weighted by Gasteiger charge is 2.46. The molecule has 4 N–H and O–H groups in total. The molecule has 3 heterocycles. The molecule has 5 unspecified atom stereocenters. The number of alkyl halides is 1. The smallest absolute Gasteiger partial charge is 0.403 e. The maximum absolute atomic E-state index is 12.5. The summed E-state index contributed by atoms with van der Waals surface area (Å²) in [4.78, 5) is 33.9. The number of hydrogen-bond donors (Lipinski definition) is 3. The molecule has 13 nitrogen and oxygen atoms in total. The van der Waals surface area contributed by atoms with Crippen LogP contribution in [-0.4, -0.2) is 67.2 Å². The van der Waals surface area contributed by atoms with Gasteiger partial charge in [0.1, 0.15) is 6.61 Å². The molecular weight excluding hydrogens is 515 g/mol. The van der Waals surface area contributed by atoms with Gasteiger partial charge in [0.25, 0.3) is 0 Å². The number of nitrogens with one attached hydrogen (secondary N) is 1. The highest BCUT2D eigenvalue weighted by Crippen LogP contribution is 2.46. The number of carbonyl (C=O) groups excluding carboxylic acids is 1. The highest BCUT2D eigenvalue weighted by atomic mass is 35.5. The van der Waals surface area contributed by atoms with Gasteiger partial charge in [0.2, 0.25) is 11.8 Å². The van der Waals surface area contributed by atoms with Crippen LogP contribution in [0.5, 0.6) is 5.88 Å². The molecule has 0 radical (unpaired) electrons. The van der Waals surface area contributed by atoms with E-state index in [0.29, 0.717) is 24.2 Å². The SMILES string of the molecule is CCOc1nc(N)nc2c1ncn2C1OC(COP(=O)(O)NC(C)COC(=O)C(C)(C)C)CC1(C)Cl. The minimum atomic E-state index is -4.22. The molecular formula is C21H34ClN6O7P. The Morgan fingerprint density at radius 1 is 1.47 bits per heavy atom. The van der Waals surface area contributed by atoms with E-state index in [1.165, 1.54) is 6.33 Å². The first kappa shape index (κ1) is 28.5. The van der Waals surface area contributed by atoms with E-state index in [-0.39, 0.29) is 25.0 Å². The fourth-order valence-corrected chi connectivity index (χ4v) is 5.05. The second kappa shape index (κ2) is 10.8. The summed E-state index contributed by atoms with van der Waals surface area (Å²) in [6.07, 6.45) is 0.505. The average Bonchev–Trinajstić information content (AvgIpc) is 3.29. The zero-order valence-electron chi connectivity index (χ0n) is 21.2. The van der Waals surface area contributed by atoms with Crippen molar-refractivity contribution >= 4 is 42.4 Å². The Hall–Kier alpha value is -2.02. The number of carbonyl (C=O) groups is 1. The average molecular weight is 549 g/mol. The molecule has 1 fully saturated rings. The molecule has 0 aliphatic carbocycles. The first-order valence-corrected chi connectivity index (χ1v) is 13.5. The summed E-state index contributed by atoms with van der Waals surface area (Å²) in [6, 6.07) is -0.621. The van der Waals surface area contributed by atoms with Gasteiger partial charge >= 0.3 is 13.7 Å². The minimum Gasteiger partial charge on any atom is -0.476 e. The number of hydrogen-bond acceptors (Lipinski definition) is 10. The van der Waals surface area contributed by atoms with Gasteiger partial charge in [0.05, 0.1) is 35.9 Å². The van der Waals surface area contributed by atoms with E-state index < -0.39 is 42.4 Å². The highest BCUT2D eigenvalue weighted by molar-refractivity contribution is 7.50. The molecule has 1 saturated heterocycles. The van der Waals surface area contributed by atoms with Crippen molar-refractivity contribution in [3.05, 3.63) is 6.33 Å². The lowest BCUT2D eigenvalue weighted by molar-refractivity contribution is -0.153. The molecule has 0 bridgehead atoms. The van der Waals surface area contributed by atoms with Crippen molar-refractivity contribution in [2.24, 2.45) is 5.41 Å². The summed E-state index contributed by atoms with van der Waals surface area (Å²) >= 11 is 6.77. The number of nitrogens with two attached hydrogens (primary N) is 1. The van der Waals surface area contributed by atoms with Crippen molar-refractivity contribution in [2.75, 3.05) is 25.6 Å². The minimum absolute atomic E-state index is 0.0106. The number of nitrogen functional groups attached to an aromatic ring is 1. The van der Waals surface area contributed by atoms with E-state index in [2.05, 4.69) is 20.0 Å². The Bertz CT molecular complexity index is 1140. The molecule has 202 valence electrons. The van der Waals surface area contributed by atoms with Gasteiger partial charge in [-0.2, -0.15) is 9.97 Å². The van der Waals surface area contributed by atoms with E-state index in [4.69, 9.17) is 36.1 Å². The van der Waals surface area contributed by atoms with Crippen LogP contribution in [0.25, 0.3) is 11.2 Å². The van der Waals surface area contributed by atoms with Gasteiger partial charge in [-0.3, -0.25) is 13.9 Å². The van der Waals surface area contributed by atoms with Crippen molar-refractivity contribution in [3.63, 3.8) is 0 Å². The quantitative estimate of drug-likeness (QED) is 0.225. The molecule has 2 aromatic rings. The van der Waals surface area contributed by atoms with Crippen LogP contribution in [0.3, 0.4) is 0 Å². The monoisotopic (exact) mass is 548 g/mol. The third kappa shape index (κ3) is 6.84. The topological polar surface area (TPSA) is 173 Å². The number of fused-ring (bicyclic) bond motifs is 1. The Labute approximate surface area is 214 Å². The molecule has 1 aliphatic heterocycles. The fourth-order valence-electron chi connectivity index (χ4n) is 3.64. The van der Waals surface area contributed by atoms with E-state index in [1.54, 1.807) is 39.2 Å². The summed E-state index contributed by atoms with van der Waals surface area (Å²) in [6.45, 7) is 10.4. The van der Waals surface area contributed by atoms with Crippen molar-refractivity contribution in [1.29, 1.82) is 0 Å². The van der Waals surface area contributed by atoms with Crippen LogP contribution >= 0.6 is 19.3 Å². The maximum atomic E-state index is 12.5. The third-order valence-corrected chi connectivity index (χ3v) is 6.91. The first-order valence-electron chi connectivity index (χ1n) is 11.5. The van der Waals surface area contributed by atoms with E-state index in [9.17, 15) is 14.3 Å². The summed E-state index contributed by atoms with van der Waals surface area (Å²) in [5.41, 5.74) is 5.96. The van der Waals surface area contributed by atoms with Gasteiger partial charge < -0.3 is 24.8 Å². The number of halogens is 1. The van der Waals surface area contributed by atoms with Gasteiger partial charge in [-0.15, -0.1) is 11.6 Å². The van der Waals surface area contributed by atoms with Gasteiger partial charge in [-0.05, 0) is 48.0 Å². The summed E-state index contributed by atoms with van der Waals surface area (Å²) in [5.74, 6) is -0.150. The van der Waals surface area contributed by atoms with E-state index in [0.717, 1.165) is 0 Å². The molecule has 0 amide bonds. The molecule has 3 rings (SSSR count). The number of ether oxygens (including phenoxy) is 3. The van der Waals surface area contributed by atoms with Crippen molar-refractivity contribution in [1.82, 2.24) is 24.6 Å². The number of aromatic nitrogens is 4. The van der Waals surface area contributed by atoms with E-state index in [1.807, 2.05) is 6.92 Å². The van der Waals surface area contributed by atoms with Crippen LogP contribution in [0.2, 0.25) is 0 Å². The molecule has 36 heavy (non-hydrogen) atoms. The largest absolute Gasteiger partial charge is 0.476 e. The van der Waals surface area contributed by atoms with Crippen molar-refractivity contribution < 1.29 is 33.0 Å². The molecule has 0 saturated carbocycles. The van der Waals surface area contributed by atoms with Crippen LogP contribution in [0.15, 0.2) is 6.33 Å². The number of imidazole rings is 1. The standard InChI is InChI=1S/C21H34ClN6O7P/c1-7-32-16-14-15(25-19(23)26-16)28(11-24-14)17-21(6,22)8-13(35-17)10-34-36(30,31)27-12(2)9-33-18(29)20(3,4)5/h11-13,17H,7-10H2,1-6H3,(H2,23,25,26)(H2,27,30,31). The van der Waals surface area contributed by atoms with Crippen LogP contribution in [0, 0.1) is 5.41 Å². The molecule has 0 spiro atoms. The lowest BCUT2D eigenvalue weighted by Gasteiger charge is -2.24. The van der Waals surface area contributed by atoms with Crippen molar-refractivity contribution in [2.45, 2.75) is 71.2 Å². The Kier molecular flexibility index (Phi) is 8.54. The van der Waals surface area contributed by atoms with Gasteiger partial charge in [-0.1, -0.05) is 0 Å². The fraction of sp³-hybridized carbons (Fsp3) is 0.714. The molecule has 15 heteroatoms. The predicted octanol–water partition coefficient (Wildman–Crippen LogP) is 2.78.